The molecule has 1 heterocycles. The fourth-order valence-electron chi connectivity index (χ4n) is 3.28. The van der Waals surface area contributed by atoms with Crippen LogP contribution in [0.1, 0.15) is 31.4 Å². The number of carbonyl (C=O) groups excluding carboxylic acids is 1. The summed E-state index contributed by atoms with van der Waals surface area (Å²) >= 11 is 0. The predicted molar refractivity (Wildman–Crippen MR) is 121 cm³/mol. The van der Waals surface area contributed by atoms with E-state index in [1.54, 1.807) is 0 Å². The molecule has 0 atom stereocenters. The lowest BCUT2D eigenvalue weighted by atomic mass is 10.00. The average molecular weight is 391 g/mol. The Hall–Kier alpha value is -3.08. The van der Waals surface area contributed by atoms with Gasteiger partial charge in [0.25, 0.3) is 0 Å². The van der Waals surface area contributed by atoms with Gasteiger partial charge in [0.2, 0.25) is 5.91 Å². The summed E-state index contributed by atoms with van der Waals surface area (Å²) in [6.45, 7) is 6.26. The average Bonchev–Trinajstić information content (AvgIpc) is 2.76. The van der Waals surface area contributed by atoms with Crippen LogP contribution in [0.2, 0.25) is 0 Å². The monoisotopic (exact) mass is 390 g/mol. The zero-order chi connectivity index (χ0) is 20.6. The summed E-state index contributed by atoms with van der Waals surface area (Å²) in [4.78, 5) is 18.5. The Morgan fingerprint density at radius 3 is 2.41 bits per heavy atom. The maximum Gasteiger partial charge on any atom is 0.226 e. The van der Waals surface area contributed by atoms with E-state index in [0.717, 1.165) is 36.7 Å². The van der Waals surface area contributed by atoms with E-state index < -0.39 is 0 Å². The van der Waals surface area contributed by atoms with Gasteiger partial charge in [-0.15, -0.1) is 0 Å². The van der Waals surface area contributed by atoms with E-state index in [-0.39, 0.29) is 11.8 Å². The van der Waals surface area contributed by atoms with E-state index in [2.05, 4.69) is 56.9 Å². The van der Waals surface area contributed by atoms with E-state index >= 15 is 0 Å². The number of guanidine groups is 1. The quantitative estimate of drug-likeness (QED) is 0.596. The van der Waals surface area contributed by atoms with E-state index in [4.69, 9.17) is 0 Å². The molecule has 0 radical (unpaired) electrons. The van der Waals surface area contributed by atoms with Crippen molar-refractivity contribution in [3.63, 3.8) is 0 Å². The molecule has 0 spiro atoms. The molecule has 152 valence electrons. The number of nitrogens with one attached hydrogen (secondary N) is 2. The SMILES string of the molecule is CN=C(NCc1ccc(NC(=O)C(C)C)cc1)N1CC=C(c2ccccc2)CC1. The summed E-state index contributed by atoms with van der Waals surface area (Å²) in [5.74, 6) is 0.913. The molecule has 1 aliphatic heterocycles. The van der Waals surface area contributed by atoms with Gasteiger partial charge in [-0.2, -0.15) is 0 Å². The standard InChI is InChI=1S/C24H30N4O/c1-18(2)23(29)27-22-11-9-19(10-12-22)17-26-24(25-3)28-15-13-21(14-16-28)20-7-5-4-6-8-20/h4-13,18H,14-17H2,1-3H3,(H,25,26)(H,27,29). The summed E-state index contributed by atoms with van der Waals surface area (Å²) in [7, 11) is 1.82. The lowest BCUT2D eigenvalue weighted by Crippen LogP contribution is -2.43. The van der Waals surface area contributed by atoms with Crippen LogP contribution in [0, 0.1) is 5.92 Å². The van der Waals surface area contributed by atoms with Crippen LogP contribution in [-0.4, -0.2) is 36.9 Å². The molecule has 0 unspecified atom stereocenters. The minimum absolute atomic E-state index is 0.0272. The van der Waals surface area contributed by atoms with Crippen LogP contribution < -0.4 is 10.6 Å². The first-order valence-corrected chi connectivity index (χ1v) is 10.2. The number of rotatable bonds is 5. The summed E-state index contributed by atoms with van der Waals surface area (Å²) < 4.78 is 0. The lowest BCUT2D eigenvalue weighted by Gasteiger charge is -2.29. The van der Waals surface area contributed by atoms with Gasteiger partial charge in [-0.1, -0.05) is 62.4 Å². The fraction of sp³-hybridized carbons (Fsp3) is 0.333. The first-order valence-electron chi connectivity index (χ1n) is 10.2. The molecule has 5 nitrogen and oxygen atoms in total. The molecule has 1 aliphatic rings. The van der Waals surface area contributed by atoms with Gasteiger partial charge in [0.1, 0.15) is 0 Å². The van der Waals surface area contributed by atoms with Crippen LogP contribution in [0.3, 0.4) is 0 Å². The van der Waals surface area contributed by atoms with Crippen LogP contribution in [-0.2, 0) is 11.3 Å². The molecule has 1 amide bonds. The van der Waals surface area contributed by atoms with Gasteiger partial charge < -0.3 is 15.5 Å². The van der Waals surface area contributed by atoms with E-state index in [9.17, 15) is 4.79 Å². The third-order valence-corrected chi connectivity index (χ3v) is 5.06. The van der Waals surface area contributed by atoms with Crippen LogP contribution in [0.4, 0.5) is 5.69 Å². The van der Waals surface area contributed by atoms with Crippen molar-refractivity contribution in [3.8, 4) is 0 Å². The van der Waals surface area contributed by atoms with Gasteiger partial charge in [-0.05, 0) is 35.3 Å². The zero-order valence-corrected chi connectivity index (χ0v) is 17.5. The number of anilines is 1. The van der Waals surface area contributed by atoms with Crippen LogP contribution in [0.25, 0.3) is 5.57 Å². The number of aliphatic imine (C=N–C) groups is 1. The van der Waals surface area contributed by atoms with Gasteiger partial charge in [-0.25, -0.2) is 0 Å². The highest BCUT2D eigenvalue weighted by Crippen LogP contribution is 2.22. The highest BCUT2D eigenvalue weighted by atomic mass is 16.1. The molecule has 0 saturated carbocycles. The predicted octanol–water partition coefficient (Wildman–Crippen LogP) is 4.15. The minimum atomic E-state index is -0.0272. The molecule has 5 heteroatoms. The zero-order valence-electron chi connectivity index (χ0n) is 17.5. The van der Waals surface area contributed by atoms with Crippen LogP contribution >= 0.6 is 0 Å². The fourth-order valence-corrected chi connectivity index (χ4v) is 3.28. The maximum atomic E-state index is 11.8. The number of amides is 1. The first kappa shape index (κ1) is 20.6. The van der Waals surface area contributed by atoms with Crippen molar-refractivity contribution in [2.45, 2.75) is 26.8 Å². The molecule has 0 aliphatic carbocycles. The van der Waals surface area contributed by atoms with Gasteiger partial charge >= 0.3 is 0 Å². The van der Waals surface area contributed by atoms with E-state index in [1.807, 2.05) is 45.2 Å². The van der Waals surface area contributed by atoms with Crippen molar-refractivity contribution in [1.29, 1.82) is 0 Å². The van der Waals surface area contributed by atoms with Crippen LogP contribution in [0.15, 0.2) is 65.7 Å². The number of hydrogen-bond donors (Lipinski definition) is 2. The van der Waals surface area contributed by atoms with Crippen molar-refractivity contribution in [3.05, 3.63) is 71.8 Å². The number of hydrogen-bond acceptors (Lipinski definition) is 2. The second kappa shape index (κ2) is 9.92. The normalized spacial score (nSPS) is 14.6. The van der Waals surface area contributed by atoms with Gasteiger partial charge in [-0.3, -0.25) is 9.79 Å². The Labute approximate surface area is 173 Å². The molecule has 29 heavy (non-hydrogen) atoms. The summed E-state index contributed by atoms with van der Waals surface area (Å²) in [5.41, 5.74) is 4.67. The van der Waals surface area contributed by atoms with E-state index in [0.29, 0.717) is 6.54 Å². The minimum Gasteiger partial charge on any atom is -0.352 e. The molecule has 0 bridgehead atoms. The van der Waals surface area contributed by atoms with E-state index in [1.165, 1.54) is 11.1 Å². The van der Waals surface area contributed by atoms with Gasteiger partial charge in [0.05, 0.1) is 0 Å². The number of benzene rings is 2. The molecule has 0 aromatic heterocycles. The number of carbonyl (C=O) groups is 1. The Morgan fingerprint density at radius 2 is 1.83 bits per heavy atom. The highest BCUT2D eigenvalue weighted by molar-refractivity contribution is 5.92. The second-order valence-electron chi connectivity index (χ2n) is 7.53. The molecule has 0 fully saturated rings. The van der Waals surface area contributed by atoms with Crippen molar-refractivity contribution < 1.29 is 4.79 Å². The molecule has 0 saturated heterocycles. The third kappa shape index (κ3) is 5.70. The molecule has 2 N–H and O–H groups in total. The van der Waals surface area contributed by atoms with Gasteiger partial charge in [0, 0.05) is 38.3 Å². The second-order valence-corrected chi connectivity index (χ2v) is 7.53. The molecular formula is C24H30N4O. The Balaban J connectivity index is 1.53. The first-order chi connectivity index (χ1) is 14.1. The van der Waals surface area contributed by atoms with Crippen LogP contribution in [0.5, 0.6) is 0 Å². The largest absolute Gasteiger partial charge is 0.352 e. The number of nitrogens with zero attached hydrogens (tertiary/aromatic N) is 2. The van der Waals surface area contributed by atoms with Crippen molar-refractivity contribution in [1.82, 2.24) is 10.2 Å². The van der Waals surface area contributed by atoms with Crippen molar-refractivity contribution in [2.24, 2.45) is 10.9 Å². The Bertz CT molecular complexity index is 870. The summed E-state index contributed by atoms with van der Waals surface area (Å²) in [6, 6.07) is 18.5. The molecule has 2 aromatic rings. The highest BCUT2D eigenvalue weighted by Gasteiger charge is 2.16. The summed E-state index contributed by atoms with van der Waals surface area (Å²) in [6.07, 6.45) is 3.30. The smallest absolute Gasteiger partial charge is 0.226 e. The summed E-state index contributed by atoms with van der Waals surface area (Å²) in [5, 5.41) is 6.36. The molecular weight excluding hydrogens is 360 g/mol. The topological polar surface area (TPSA) is 56.7 Å². The Kier molecular flexibility index (Phi) is 7.06. The van der Waals surface area contributed by atoms with Crippen molar-refractivity contribution >= 4 is 23.1 Å². The maximum absolute atomic E-state index is 11.8. The van der Waals surface area contributed by atoms with Gasteiger partial charge in [0.15, 0.2) is 5.96 Å². The third-order valence-electron chi connectivity index (χ3n) is 5.06. The molecule has 2 aromatic carbocycles. The Morgan fingerprint density at radius 1 is 1.10 bits per heavy atom. The molecule has 3 rings (SSSR count). The van der Waals surface area contributed by atoms with Crippen molar-refractivity contribution in [2.75, 3.05) is 25.5 Å². The lowest BCUT2D eigenvalue weighted by molar-refractivity contribution is -0.118.